The molecule has 0 rings (SSSR count). The third-order valence-corrected chi connectivity index (χ3v) is 2.00. The quantitative estimate of drug-likeness (QED) is 0.553. The lowest BCUT2D eigenvalue weighted by atomic mass is 10.2. The van der Waals surface area contributed by atoms with Crippen LogP contribution in [0.25, 0.3) is 0 Å². The number of carbonyl (C=O) groups excluding carboxylic acids is 1. The van der Waals surface area contributed by atoms with Gasteiger partial charge in [-0.3, -0.25) is 4.79 Å². The summed E-state index contributed by atoms with van der Waals surface area (Å²) < 4.78 is 4.95. The predicted octanol–water partition coefficient (Wildman–Crippen LogP) is 1.70. The van der Waals surface area contributed by atoms with Crippen LogP contribution in [0.2, 0.25) is 0 Å². The molecule has 0 aliphatic heterocycles. The molecule has 3 nitrogen and oxygen atoms in total. The van der Waals surface area contributed by atoms with E-state index in [0.717, 1.165) is 19.4 Å². The molecule has 0 aromatic heterocycles. The summed E-state index contributed by atoms with van der Waals surface area (Å²) in [5.74, 6) is -0.0240. The van der Waals surface area contributed by atoms with E-state index >= 15 is 0 Å². The van der Waals surface area contributed by atoms with Gasteiger partial charge in [-0.05, 0) is 19.8 Å². The zero-order valence-electron chi connectivity index (χ0n) is 8.31. The van der Waals surface area contributed by atoms with Crippen LogP contribution >= 0.6 is 15.9 Å². The maximum atomic E-state index is 11.0. The summed E-state index contributed by atoms with van der Waals surface area (Å²) in [6.45, 7) is 5.48. The van der Waals surface area contributed by atoms with Crippen LogP contribution in [0.4, 0.5) is 0 Å². The van der Waals surface area contributed by atoms with Crippen molar-refractivity contribution in [2.24, 2.45) is 0 Å². The standard InChI is InChI=1S/C9H18BrNO2/c1-3-13-7-9(12)11-6-4-5-8(2)10/h8H,3-7H2,1-2H3,(H,11,12). The van der Waals surface area contributed by atoms with Crippen LogP contribution in [0.15, 0.2) is 0 Å². The van der Waals surface area contributed by atoms with Gasteiger partial charge in [-0.1, -0.05) is 22.9 Å². The minimum absolute atomic E-state index is 0.0240. The van der Waals surface area contributed by atoms with E-state index in [9.17, 15) is 4.79 Å². The van der Waals surface area contributed by atoms with E-state index in [1.54, 1.807) is 0 Å². The molecule has 0 saturated carbocycles. The van der Waals surface area contributed by atoms with Gasteiger partial charge in [0, 0.05) is 18.0 Å². The number of nitrogens with one attached hydrogen (secondary N) is 1. The van der Waals surface area contributed by atoms with Gasteiger partial charge in [-0.2, -0.15) is 0 Å². The lowest BCUT2D eigenvalue weighted by molar-refractivity contribution is -0.125. The molecule has 13 heavy (non-hydrogen) atoms. The number of carbonyl (C=O) groups is 1. The third kappa shape index (κ3) is 9.83. The van der Waals surface area contributed by atoms with Gasteiger partial charge in [0.25, 0.3) is 0 Å². The number of ether oxygens (including phenoxy) is 1. The molecule has 4 heteroatoms. The Balaban J connectivity index is 3.17. The van der Waals surface area contributed by atoms with Gasteiger partial charge in [0.1, 0.15) is 6.61 Å². The Bertz CT molecular complexity index is 140. The van der Waals surface area contributed by atoms with E-state index in [1.807, 2.05) is 6.92 Å². The van der Waals surface area contributed by atoms with Gasteiger partial charge in [0.05, 0.1) is 0 Å². The molecular weight excluding hydrogens is 234 g/mol. The van der Waals surface area contributed by atoms with Crippen molar-refractivity contribution in [2.75, 3.05) is 19.8 Å². The Labute approximate surface area is 88.4 Å². The summed E-state index contributed by atoms with van der Waals surface area (Å²) in [7, 11) is 0. The number of alkyl halides is 1. The Kier molecular flexibility index (Phi) is 8.45. The van der Waals surface area contributed by atoms with Gasteiger partial charge in [0.15, 0.2) is 0 Å². The maximum absolute atomic E-state index is 11.0. The van der Waals surface area contributed by atoms with Gasteiger partial charge >= 0.3 is 0 Å². The Morgan fingerprint density at radius 3 is 2.85 bits per heavy atom. The average Bonchev–Trinajstić information content (AvgIpc) is 2.08. The van der Waals surface area contributed by atoms with E-state index in [0.29, 0.717) is 11.4 Å². The van der Waals surface area contributed by atoms with Crippen LogP contribution in [-0.4, -0.2) is 30.5 Å². The first-order valence-electron chi connectivity index (χ1n) is 4.65. The summed E-state index contributed by atoms with van der Waals surface area (Å²) in [4.78, 5) is 11.5. The Morgan fingerprint density at radius 1 is 1.62 bits per heavy atom. The number of rotatable bonds is 7. The molecule has 1 N–H and O–H groups in total. The van der Waals surface area contributed by atoms with E-state index in [1.165, 1.54) is 0 Å². The smallest absolute Gasteiger partial charge is 0.245 e. The summed E-state index contributed by atoms with van der Waals surface area (Å²) in [5, 5.41) is 2.79. The highest BCUT2D eigenvalue weighted by molar-refractivity contribution is 9.09. The SMILES string of the molecule is CCOCC(=O)NCCCC(C)Br. The van der Waals surface area contributed by atoms with Gasteiger partial charge < -0.3 is 10.1 Å². The van der Waals surface area contributed by atoms with Crippen LogP contribution in [0.3, 0.4) is 0 Å². The lowest BCUT2D eigenvalue weighted by Crippen LogP contribution is -2.28. The molecule has 0 bridgehead atoms. The van der Waals surface area contributed by atoms with Crippen molar-refractivity contribution < 1.29 is 9.53 Å². The number of hydrogen-bond acceptors (Lipinski definition) is 2. The first-order chi connectivity index (χ1) is 6.16. The molecule has 0 spiro atoms. The second-order valence-electron chi connectivity index (χ2n) is 2.91. The maximum Gasteiger partial charge on any atom is 0.245 e. The van der Waals surface area contributed by atoms with Gasteiger partial charge in [-0.25, -0.2) is 0 Å². The van der Waals surface area contributed by atoms with Gasteiger partial charge in [-0.15, -0.1) is 0 Å². The normalized spacial score (nSPS) is 12.5. The molecule has 0 aromatic carbocycles. The molecule has 0 aliphatic rings. The average molecular weight is 252 g/mol. The molecule has 0 aromatic rings. The fourth-order valence-electron chi connectivity index (χ4n) is 0.857. The van der Waals surface area contributed by atoms with Crippen LogP contribution in [0, 0.1) is 0 Å². The molecule has 1 unspecified atom stereocenters. The van der Waals surface area contributed by atoms with E-state index in [4.69, 9.17) is 4.74 Å². The highest BCUT2D eigenvalue weighted by atomic mass is 79.9. The van der Waals surface area contributed by atoms with E-state index in [-0.39, 0.29) is 12.5 Å². The summed E-state index contributed by atoms with van der Waals surface area (Å²) in [6, 6.07) is 0. The summed E-state index contributed by atoms with van der Waals surface area (Å²) >= 11 is 3.45. The molecule has 1 atom stereocenters. The monoisotopic (exact) mass is 251 g/mol. The summed E-state index contributed by atoms with van der Waals surface area (Å²) in [6.07, 6.45) is 2.08. The molecule has 0 heterocycles. The number of amides is 1. The fourth-order valence-corrected chi connectivity index (χ4v) is 1.18. The lowest BCUT2D eigenvalue weighted by Gasteiger charge is -2.05. The number of hydrogen-bond donors (Lipinski definition) is 1. The van der Waals surface area contributed by atoms with E-state index in [2.05, 4.69) is 28.2 Å². The zero-order chi connectivity index (χ0) is 10.1. The van der Waals surface area contributed by atoms with Crippen LogP contribution in [0.1, 0.15) is 26.7 Å². The highest BCUT2D eigenvalue weighted by Gasteiger charge is 2.00. The number of halogens is 1. The van der Waals surface area contributed by atoms with E-state index < -0.39 is 0 Å². The topological polar surface area (TPSA) is 38.3 Å². The van der Waals surface area contributed by atoms with Crippen molar-refractivity contribution >= 4 is 21.8 Å². The molecule has 0 fully saturated rings. The second kappa shape index (κ2) is 8.51. The van der Waals surface area contributed by atoms with Crippen molar-refractivity contribution in [3.8, 4) is 0 Å². The van der Waals surface area contributed by atoms with Crippen LogP contribution in [0.5, 0.6) is 0 Å². The highest BCUT2D eigenvalue weighted by Crippen LogP contribution is 2.04. The van der Waals surface area contributed by atoms with Crippen molar-refractivity contribution in [1.82, 2.24) is 5.32 Å². The van der Waals surface area contributed by atoms with Crippen molar-refractivity contribution in [2.45, 2.75) is 31.5 Å². The fraction of sp³-hybridized carbons (Fsp3) is 0.889. The Hall–Kier alpha value is -0.0900. The largest absolute Gasteiger partial charge is 0.372 e. The molecule has 0 radical (unpaired) electrons. The van der Waals surface area contributed by atoms with Crippen molar-refractivity contribution in [3.05, 3.63) is 0 Å². The molecule has 78 valence electrons. The molecule has 1 amide bonds. The first kappa shape index (κ1) is 12.9. The minimum Gasteiger partial charge on any atom is -0.372 e. The Morgan fingerprint density at radius 2 is 2.31 bits per heavy atom. The summed E-state index contributed by atoms with van der Waals surface area (Å²) in [5.41, 5.74) is 0. The first-order valence-corrected chi connectivity index (χ1v) is 5.57. The zero-order valence-corrected chi connectivity index (χ0v) is 9.89. The van der Waals surface area contributed by atoms with Crippen LogP contribution in [-0.2, 0) is 9.53 Å². The van der Waals surface area contributed by atoms with Crippen LogP contribution < -0.4 is 5.32 Å². The van der Waals surface area contributed by atoms with Crippen molar-refractivity contribution in [3.63, 3.8) is 0 Å². The molecule has 0 saturated heterocycles. The van der Waals surface area contributed by atoms with Gasteiger partial charge in [0.2, 0.25) is 5.91 Å². The second-order valence-corrected chi connectivity index (χ2v) is 4.47. The van der Waals surface area contributed by atoms with Crippen molar-refractivity contribution in [1.29, 1.82) is 0 Å². The molecular formula is C9H18BrNO2. The predicted molar refractivity (Wildman–Crippen MR) is 57.1 cm³/mol. The molecule has 0 aliphatic carbocycles. The minimum atomic E-state index is -0.0240. The third-order valence-electron chi connectivity index (χ3n) is 1.54.